The number of carbonyl (C=O) groups is 2. The van der Waals surface area contributed by atoms with Crippen LogP contribution in [0.2, 0.25) is 0 Å². The standard InChI is InChI=1S/C14H14ClNO3/c1-2-19-14(18)12-8-10(4-6-16)7-11(9-12)13(17)3-5-15/h7-9H,2-5H2,1H3. The molecule has 100 valence electrons. The first kappa shape index (κ1) is 15.2. The van der Waals surface area contributed by atoms with E-state index in [1.165, 1.54) is 6.07 Å². The van der Waals surface area contributed by atoms with Crippen molar-refractivity contribution >= 4 is 23.4 Å². The van der Waals surface area contributed by atoms with Crippen LogP contribution in [0.1, 0.15) is 39.6 Å². The van der Waals surface area contributed by atoms with E-state index in [0.717, 1.165) is 0 Å². The molecule has 0 aliphatic heterocycles. The van der Waals surface area contributed by atoms with Crippen LogP contribution in [-0.2, 0) is 11.2 Å². The molecule has 0 aliphatic carbocycles. The first-order valence-electron chi connectivity index (χ1n) is 5.89. The van der Waals surface area contributed by atoms with Gasteiger partial charge in [-0.25, -0.2) is 4.79 Å². The van der Waals surface area contributed by atoms with E-state index in [2.05, 4.69) is 0 Å². The zero-order chi connectivity index (χ0) is 14.3. The van der Waals surface area contributed by atoms with Gasteiger partial charge in [-0.1, -0.05) is 0 Å². The van der Waals surface area contributed by atoms with Crippen LogP contribution in [0.4, 0.5) is 0 Å². The lowest BCUT2D eigenvalue weighted by Gasteiger charge is -2.07. The lowest BCUT2D eigenvalue weighted by atomic mass is 10.0. The van der Waals surface area contributed by atoms with E-state index in [-0.39, 0.29) is 36.7 Å². The average Bonchev–Trinajstić information content (AvgIpc) is 2.39. The topological polar surface area (TPSA) is 67.2 Å². The van der Waals surface area contributed by atoms with E-state index in [0.29, 0.717) is 11.1 Å². The second kappa shape index (κ2) is 7.55. The van der Waals surface area contributed by atoms with Crippen molar-refractivity contribution in [2.75, 3.05) is 12.5 Å². The Morgan fingerprint density at radius 2 is 2.00 bits per heavy atom. The summed E-state index contributed by atoms with van der Waals surface area (Å²) in [4.78, 5) is 23.5. The third-order valence-electron chi connectivity index (χ3n) is 2.43. The summed E-state index contributed by atoms with van der Waals surface area (Å²) in [6.07, 6.45) is 0.328. The summed E-state index contributed by atoms with van der Waals surface area (Å²) in [6.45, 7) is 1.96. The number of Topliss-reactive ketones (excluding diaryl/α,β-unsaturated/α-hetero) is 1. The van der Waals surface area contributed by atoms with Crippen LogP contribution in [0.25, 0.3) is 0 Å². The molecule has 0 atom stereocenters. The van der Waals surface area contributed by atoms with Crippen molar-refractivity contribution in [3.63, 3.8) is 0 Å². The van der Waals surface area contributed by atoms with Crippen LogP contribution in [0.3, 0.4) is 0 Å². The summed E-state index contributed by atoms with van der Waals surface area (Å²) in [7, 11) is 0. The minimum Gasteiger partial charge on any atom is -0.462 e. The molecule has 0 aliphatic rings. The number of nitrogens with zero attached hydrogens (tertiary/aromatic N) is 1. The summed E-state index contributed by atoms with van der Waals surface area (Å²) in [5, 5.41) is 8.71. The van der Waals surface area contributed by atoms with Gasteiger partial charge in [0.2, 0.25) is 0 Å². The normalized spacial score (nSPS) is 9.74. The quantitative estimate of drug-likeness (QED) is 0.456. The molecule has 1 aromatic rings. The van der Waals surface area contributed by atoms with Crippen molar-refractivity contribution in [2.45, 2.75) is 19.8 Å². The van der Waals surface area contributed by atoms with Crippen molar-refractivity contribution in [2.24, 2.45) is 0 Å². The Kier molecular flexibility index (Phi) is 6.04. The summed E-state index contributed by atoms with van der Waals surface area (Å²) in [5.41, 5.74) is 1.29. The number of hydrogen-bond donors (Lipinski definition) is 0. The molecule has 0 spiro atoms. The third kappa shape index (κ3) is 4.38. The fraction of sp³-hybridized carbons (Fsp3) is 0.357. The number of hydrogen-bond acceptors (Lipinski definition) is 4. The molecule has 0 amide bonds. The van der Waals surface area contributed by atoms with Crippen LogP contribution in [0.5, 0.6) is 0 Å². The minimum atomic E-state index is -0.498. The number of ether oxygens (including phenoxy) is 1. The van der Waals surface area contributed by atoms with Gasteiger partial charge >= 0.3 is 5.97 Å². The van der Waals surface area contributed by atoms with Crippen molar-refractivity contribution in [1.29, 1.82) is 5.26 Å². The van der Waals surface area contributed by atoms with Crippen LogP contribution < -0.4 is 0 Å². The van der Waals surface area contributed by atoms with Gasteiger partial charge in [0.25, 0.3) is 0 Å². The number of halogens is 1. The summed E-state index contributed by atoms with van der Waals surface area (Å²) in [6, 6.07) is 6.65. The Hall–Kier alpha value is -1.86. The highest BCUT2D eigenvalue weighted by Gasteiger charge is 2.13. The second-order valence-electron chi connectivity index (χ2n) is 3.84. The Balaban J connectivity index is 3.14. The highest BCUT2D eigenvalue weighted by Crippen LogP contribution is 2.14. The number of alkyl halides is 1. The number of rotatable bonds is 6. The molecular formula is C14H14ClNO3. The van der Waals surface area contributed by atoms with Gasteiger partial charge in [-0.05, 0) is 30.7 Å². The van der Waals surface area contributed by atoms with Crippen LogP contribution >= 0.6 is 11.6 Å². The predicted octanol–water partition coefficient (Wildman–Crippen LogP) is 2.74. The SMILES string of the molecule is CCOC(=O)c1cc(CC#N)cc(C(=O)CCCl)c1. The Morgan fingerprint density at radius 1 is 1.32 bits per heavy atom. The molecule has 0 unspecified atom stereocenters. The first-order chi connectivity index (χ1) is 9.12. The van der Waals surface area contributed by atoms with E-state index in [1.807, 2.05) is 6.07 Å². The van der Waals surface area contributed by atoms with Gasteiger partial charge in [0.05, 0.1) is 24.7 Å². The van der Waals surface area contributed by atoms with E-state index >= 15 is 0 Å². The molecule has 4 nitrogen and oxygen atoms in total. The number of benzene rings is 1. The van der Waals surface area contributed by atoms with Crippen molar-refractivity contribution in [3.8, 4) is 6.07 Å². The van der Waals surface area contributed by atoms with Crippen LogP contribution in [0.15, 0.2) is 18.2 Å². The molecular weight excluding hydrogens is 266 g/mol. The lowest BCUT2D eigenvalue weighted by Crippen LogP contribution is -2.08. The van der Waals surface area contributed by atoms with Crippen LogP contribution in [0, 0.1) is 11.3 Å². The number of nitriles is 1. The second-order valence-corrected chi connectivity index (χ2v) is 4.21. The highest BCUT2D eigenvalue weighted by molar-refractivity contribution is 6.19. The molecule has 0 bridgehead atoms. The third-order valence-corrected chi connectivity index (χ3v) is 2.62. The molecule has 0 N–H and O–H groups in total. The van der Waals surface area contributed by atoms with E-state index < -0.39 is 5.97 Å². The summed E-state index contributed by atoms with van der Waals surface area (Å²) >= 11 is 5.53. The molecule has 1 aromatic carbocycles. The molecule has 0 saturated heterocycles. The van der Waals surface area contributed by atoms with Gasteiger partial charge in [0.15, 0.2) is 5.78 Å². The first-order valence-corrected chi connectivity index (χ1v) is 6.43. The van der Waals surface area contributed by atoms with Crippen molar-refractivity contribution in [1.82, 2.24) is 0 Å². The van der Waals surface area contributed by atoms with E-state index in [9.17, 15) is 9.59 Å². The van der Waals surface area contributed by atoms with Gasteiger partial charge in [0.1, 0.15) is 0 Å². The Morgan fingerprint density at radius 3 is 2.58 bits per heavy atom. The van der Waals surface area contributed by atoms with Gasteiger partial charge in [-0.3, -0.25) is 4.79 Å². The summed E-state index contributed by atoms with van der Waals surface area (Å²) < 4.78 is 4.90. The highest BCUT2D eigenvalue weighted by atomic mass is 35.5. The predicted molar refractivity (Wildman–Crippen MR) is 71.4 cm³/mol. The Labute approximate surface area is 116 Å². The van der Waals surface area contributed by atoms with E-state index in [4.69, 9.17) is 21.6 Å². The molecule has 0 heterocycles. The average molecular weight is 280 g/mol. The van der Waals surface area contributed by atoms with Crippen LogP contribution in [-0.4, -0.2) is 24.2 Å². The monoisotopic (exact) mass is 279 g/mol. The molecule has 19 heavy (non-hydrogen) atoms. The smallest absolute Gasteiger partial charge is 0.338 e. The fourth-order valence-electron chi connectivity index (χ4n) is 1.61. The fourth-order valence-corrected chi connectivity index (χ4v) is 1.78. The molecule has 0 radical (unpaired) electrons. The van der Waals surface area contributed by atoms with Gasteiger partial charge in [-0.2, -0.15) is 5.26 Å². The van der Waals surface area contributed by atoms with Crippen molar-refractivity contribution < 1.29 is 14.3 Å². The zero-order valence-corrected chi connectivity index (χ0v) is 11.4. The number of carbonyl (C=O) groups excluding carboxylic acids is 2. The number of esters is 1. The zero-order valence-electron chi connectivity index (χ0n) is 10.6. The van der Waals surface area contributed by atoms with Gasteiger partial charge in [0, 0.05) is 17.9 Å². The van der Waals surface area contributed by atoms with E-state index in [1.54, 1.807) is 19.1 Å². The maximum Gasteiger partial charge on any atom is 0.338 e. The van der Waals surface area contributed by atoms with Crippen molar-refractivity contribution in [3.05, 3.63) is 34.9 Å². The lowest BCUT2D eigenvalue weighted by molar-refractivity contribution is 0.0526. The largest absolute Gasteiger partial charge is 0.462 e. The molecule has 5 heteroatoms. The maximum absolute atomic E-state index is 11.8. The Bertz CT molecular complexity index is 484. The minimum absolute atomic E-state index is 0.133. The van der Waals surface area contributed by atoms with Gasteiger partial charge in [-0.15, -0.1) is 11.6 Å². The molecule has 0 fully saturated rings. The van der Waals surface area contributed by atoms with Gasteiger partial charge < -0.3 is 4.74 Å². The maximum atomic E-state index is 11.8. The molecule has 0 aromatic heterocycles. The summed E-state index contributed by atoms with van der Waals surface area (Å²) in [5.74, 6) is -0.432. The molecule has 0 saturated carbocycles. The number of ketones is 1. The molecule has 1 rings (SSSR count).